The molecule has 1 atom stereocenters. The molecule has 0 saturated carbocycles. The molecule has 0 aliphatic carbocycles. The Hall–Kier alpha value is -0.770. The van der Waals surface area contributed by atoms with Crippen molar-refractivity contribution in [1.29, 1.82) is 0 Å². The van der Waals surface area contributed by atoms with E-state index in [0.29, 0.717) is 6.42 Å². The molecule has 4 nitrogen and oxygen atoms in total. The van der Waals surface area contributed by atoms with Gasteiger partial charge in [0.1, 0.15) is 0 Å². The molecule has 0 rings (SSSR count). The number of amides is 1. The van der Waals surface area contributed by atoms with Crippen molar-refractivity contribution in [3.05, 3.63) is 0 Å². The third-order valence-electron chi connectivity index (χ3n) is 1.34. The zero-order valence-electron chi connectivity index (χ0n) is 6.96. The largest absolute Gasteiger partial charge is 0.453 e. The van der Waals surface area contributed by atoms with E-state index in [1.165, 1.54) is 7.11 Å². The molecule has 0 bridgehead atoms. The van der Waals surface area contributed by atoms with Gasteiger partial charge < -0.3 is 15.2 Å². The minimum atomic E-state index is -0.421. The summed E-state index contributed by atoms with van der Waals surface area (Å²) in [6.45, 7) is 2.03. The molecule has 0 unspecified atom stereocenters. The second kappa shape index (κ2) is 5.97. The van der Waals surface area contributed by atoms with E-state index in [9.17, 15) is 4.79 Å². The van der Waals surface area contributed by atoms with Gasteiger partial charge in [0.15, 0.2) is 0 Å². The predicted molar refractivity (Wildman–Crippen MR) is 41.3 cm³/mol. The Labute approximate surface area is 66.5 Å². The van der Waals surface area contributed by atoms with Gasteiger partial charge in [-0.05, 0) is 19.8 Å². The van der Waals surface area contributed by atoms with Crippen molar-refractivity contribution in [1.82, 2.24) is 5.32 Å². The predicted octanol–water partition coefficient (Wildman–Crippen LogP) is 0.503. The summed E-state index contributed by atoms with van der Waals surface area (Å²) in [6, 6.07) is 0.0644. The number of ether oxygens (including phenoxy) is 1. The van der Waals surface area contributed by atoms with E-state index in [0.717, 1.165) is 6.42 Å². The van der Waals surface area contributed by atoms with Crippen LogP contribution in [0.15, 0.2) is 0 Å². The van der Waals surface area contributed by atoms with Crippen molar-refractivity contribution in [3.8, 4) is 0 Å². The molecule has 0 saturated heterocycles. The second-order valence-electron chi connectivity index (χ2n) is 2.40. The fourth-order valence-corrected chi connectivity index (χ4v) is 0.730. The number of hydrogen-bond donors (Lipinski definition) is 2. The maximum atomic E-state index is 10.6. The minimum Gasteiger partial charge on any atom is -0.453 e. The lowest BCUT2D eigenvalue weighted by Gasteiger charge is -2.11. The van der Waals surface area contributed by atoms with Gasteiger partial charge in [-0.2, -0.15) is 0 Å². The Balaban J connectivity index is 3.35. The highest BCUT2D eigenvalue weighted by molar-refractivity contribution is 5.67. The molecule has 0 radical (unpaired) electrons. The third kappa shape index (κ3) is 5.66. The summed E-state index contributed by atoms with van der Waals surface area (Å²) in [4.78, 5) is 10.6. The first-order valence-corrected chi connectivity index (χ1v) is 3.66. The summed E-state index contributed by atoms with van der Waals surface area (Å²) in [7, 11) is 1.33. The van der Waals surface area contributed by atoms with Gasteiger partial charge in [0.25, 0.3) is 0 Å². The van der Waals surface area contributed by atoms with Crippen molar-refractivity contribution in [3.63, 3.8) is 0 Å². The van der Waals surface area contributed by atoms with Crippen LogP contribution in [0.2, 0.25) is 0 Å². The van der Waals surface area contributed by atoms with Crippen LogP contribution in [0, 0.1) is 0 Å². The number of aliphatic hydroxyl groups is 1. The van der Waals surface area contributed by atoms with Crippen molar-refractivity contribution in [2.45, 2.75) is 25.8 Å². The molecule has 2 N–H and O–H groups in total. The monoisotopic (exact) mass is 161 g/mol. The molecule has 0 aromatic rings. The van der Waals surface area contributed by atoms with Crippen LogP contribution in [0.4, 0.5) is 4.79 Å². The number of hydrogen-bond acceptors (Lipinski definition) is 3. The lowest BCUT2D eigenvalue weighted by atomic mass is 10.2. The van der Waals surface area contributed by atoms with Crippen molar-refractivity contribution in [2.75, 3.05) is 13.7 Å². The number of methoxy groups -OCH3 is 1. The van der Waals surface area contributed by atoms with Gasteiger partial charge in [-0.15, -0.1) is 0 Å². The van der Waals surface area contributed by atoms with Crippen molar-refractivity contribution < 1.29 is 14.6 Å². The van der Waals surface area contributed by atoms with Gasteiger partial charge in [0.2, 0.25) is 0 Å². The number of aliphatic hydroxyl groups excluding tert-OH is 1. The smallest absolute Gasteiger partial charge is 0.407 e. The van der Waals surface area contributed by atoms with Crippen LogP contribution in [0.3, 0.4) is 0 Å². The van der Waals surface area contributed by atoms with Crippen LogP contribution >= 0.6 is 0 Å². The number of rotatable bonds is 4. The highest BCUT2D eigenvalue weighted by Crippen LogP contribution is 1.94. The molecule has 4 heteroatoms. The molecule has 0 spiro atoms. The molecule has 0 fully saturated rings. The van der Waals surface area contributed by atoms with E-state index in [1.807, 2.05) is 6.92 Å². The molecule has 66 valence electrons. The Kier molecular flexibility index (Phi) is 5.56. The number of nitrogens with one attached hydrogen (secondary N) is 1. The van der Waals surface area contributed by atoms with Gasteiger partial charge >= 0.3 is 6.09 Å². The minimum absolute atomic E-state index is 0.0644. The SMILES string of the molecule is COC(=O)N[C@@H](C)CCCO. The van der Waals surface area contributed by atoms with Gasteiger partial charge in [-0.3, -0.25) is 0 Å². The fraction of sp³-hybridized carbons (Fsp3) is 0.857. The normalized spacial score (nSPS) is 12.3. The summed E-state index contributed by atoms with van der Waals surface area (Å²) in [5, 5.41) is 11.1. The van der Waals surface area contributed by atoms with E-state index in [1.54, 1.807) is 0 Å². The lowest BCUT2D eigenvalue weighted by molar-refractivity contribution is 0.166. The molecule has 0 aliphatic rings. The highest BCUT2D eigenvalue weighted by atomic mass is 16.5. The molecule has 0 aliphatic heterocycles. The van der Waals surface area contributed by atoms with Gasteiger partial charge in [-0.25, -0.2) is 4.79 Å². The van der Waals surface area contributed by atoms with Crippen LogP contribution in [0.5, 0.6) is 0 Å². The zero-order valence-corrected chi connectivity index (χ0v) is 6.96. The maximum Gasteiger partial charge on any atom is 0.407 e. The molecule has 0 aromatic heterocycles. The quantitative estimate of drug-likeness (QED) is 0.631. The zero-order chi connectivity index (χ0) is 8.69. The van der Waals surface area contributed by atoms with E-state index in [4.69, 9.17) is 5.11 Å². The van der Waals surface area contributed by atoms with Gasteiger partial charge in [0, 0.05) is 12.6 Å². The van der Waals surface area contributed by atoms with Crippen molar-refractivity contribution >= 4 is 6.09 Å². The Bertz CT molecular complexity index is 116. The molecule has 11 heavy (non-hydrogen) atoms. The molecular formula is C7H15NO3. The van der Waals surface area contributed by atoms with Gasteiger partial charge in [-0.1, -0.05) is 0 Å². The Morgan fingerprint density at radius 1 is 1.73 bits per heavy atom. The molecule has 0 aromatic carbocycles. The van der Waals surface area contributed by atoms with Gasteiger partial charge in [0.05, 0.1) is 7.11 Å². The van der Waals surface area contributed by atoms with Crippen LogP contribution in [0.1, 0.15) is 19.8 Å². The summed E-state index contributed by atoms with van der Waals surface area (Å²) in [6.07, 6.45) is 1.05. The highest BCUT2D eigenvalue weighted by Gasteiger charge is 2.04. The first-order chi connectivity index (χ1) is 5.20. The molecular weight excluding hydrogens is 146 g/mol. The van der Waals surface area contributed by atoms with E-state index in [-0.39, 0.29) is 12.6 Å². The fourth-order valence-electron chi connectivity index (χ4n) is 0.730. The average molecular weight is 161 g/mol. The summed E-state index contributed by atoms with van der Waals surface area (Å²) in [5.74, 6) is 0. The Morgan fingerprint density at radius 2 is 2.36 bits per heavy atom. The molecule has 0 heterocycles. The Morgan fingerprint density at radius 3 is 2.82 bits per heavy atom. The molecule has 1 amide bonds. The van der Waals surface area contributed by atoms with Crippen molar-refractivity contribution in [2.24, 2.45) is 0 Å². The maximum absolute atomic E-state index is 10.6. The van der Waals surface area contributed by atoms with Crippen LogP contribution in [0.25, 0.3) is 0 Å². The number of carbonyl (C=O) groups excluding carboxylic acids is 1. The number of alkyl carbamates (subject to hydrolysis) is 1. The average Bonchev–Trinajstić information content (AvgIpc) is 2.00. The second-order valence-corrected chi connectivity index (χ2v) is 2.40. The summed E-state index contributed by atoms with van der Waals surface area (Å²) < 4.78 is 4.39. The van der Waals surface area contributed by atoms with E-state index < -0.39 is 6.09 Å². The first kappa shape index (κ1) is 10.2. The first-order valence-electron chi connectivity index (χ1n) is 3.66. The standard InChI is InChI=1S/C7H15NO3/c1-6(4-3-5-9)8-7(10)11-2/h6,9H,3-5H2,1-2H3,(H,8,10)/t6-/m0/s1. The third-order valence-corrected chi connectivity index (χ3v) is 1.34. The van der Waals surface area contributed by atoms with Crippen LogP contribution < -0.4 is 5.32 Å². The lowest BCUT2D eigenvalue weighted by Crippen LogP contribution is -2.32. The number of carbonyl (C=O) groups is 1. The van der Waals surface area contributed by atoms with E-state index in [2.05, 4.69) is 10.1 Å². The van der Waals surface area contributed by atoms with Crippen LogP contribution in [-0.2, 0) is 4.74 Å². The summed E-state index contributed by atoms with van der Waals surface area (Å²) in [5.41, 5.74) is 0. The van der Waals surface area contributed by atoms with E-state index >= 15 is 0 Å². The summed E-state index contributed by atoms with van der Waals surface area (Å²) >= 11 is 0. The topological polar surface area (TPSA) is 58.6 Å². The van der Waals surface area contributed by atoms with Crippen LogP contribution in [-0.4, -0.2) is 31.0 Å².